The first-order valence-electron chi connectivity index (χ1n) is 4.50. The molecule has 0 fully saturated rings. The molecule has 0 aromatic carbocycles. The van der Waals surface area contributed by atoms with Gasteiger partial charge in [-0.15, -0.1) is 0 Å². The number of halogens is 1. The first-order chi connectivity index (χ1) is 5.18. The highest BCUT2D eigenvalue weighted by molar-refractivity contribution is 5.07. The Morgan fingerprint density at radius 2 is 2.36 bits per heavy atom. The predicted molar refractivity (Wildman–Crippen MR) is 46.3 cm³/mol. The third kappa shape index (κ3) is 3.04. The summed E-state index contributed by atoms with van der Waals surface area (Å²) < 4.78 is 12.6. The Hall–Kier alpha value is -0.330. The number of hydrogen-bond acceptors (Lipinski definition) is 0. The Morgan fingerprint density at radius 3 is 2.82 bits per heavy atom. The minimum absolute atomic E-state index is 0.564. The van der Waals surface area contributed by atoms with Crippen LogP contribution >= 0.6 is 0 Å². The monoisotopic (exact) mass is 156 g/mol. The lowest BCUT2D eigenvalue weighted by atomic mass is 9.92. The van der Waals surface area contributed by atoms with Crippen LogP contribution in [0.25, 0.3) is 0 Å². The molecule has 64 valence electrons. The zero-order chi connectivity index (χ0) is 8.27. The molecule has 0 saturated heterocycles. The molecule has 0 heterocycles. The highest BCUT2D eigenvalue weighted by atomic mass is 19.1. The molecule has 0 nitrogen and oxygen atoms in total. The minimum atomic E-state index is -0.564. The molecule has 1 atom stereocenters. The van der Waals surface area contributed by atoms with Gasteiger partial charge in [-0.05, 0) is 31.6 Å². The van der Waals surface area contributed by atoms with Gasteiger partial charge in [0.05, 0.1) is 0 Å². The van der Waals surface area contributed by atoms with Crippen molar-refractivity contribution in [3.05, 3.63) is 11.6 Å². The molecular weight excluding hydrogens is 139 g/mol. The maximum atomic E-state index is 12.6. The molecule has 0 aromatic heterocycles. The van der Waals surface area contributed by atoms with Crippen LogP contribution < -0.4 is 0 Å². The molecule has 1 aliphatic rings. The van der Waals surface area contributed by atoms with E-state index in [0.717, 1.165) is 25.2 Å². The molecule has 0 spiro atoms. The van der Waals surface area contributed by atoms with Crippen molar-refractivity contribution < 1.29 is 4.39 Å². The fourth-order valence-electron chi connectivity index (χ4n) is 1.57. The number of allylic oxidation sites excluding steroid dienone is 2. The van der Waals surface area contributed by atoms with Crippen molar-refractivity contribution in [2.75, 3.05) is 0 Å². The van der Waals surface area contributed by atoms with Gasteiger partial charge in [0, 0.05) is 0 Å². The van der Waals surface area contributed by atoms with Crippen molar-refractivity contribution in [3.63, 3.8) is 0 Å². The molecule has 0 aromatic rings. The summed E-state index contributed by atoms with van der Waals surface area (Å²) in [6, 6.07) is 0. The average Bonchev–Trinajstić information content (AvgIpc) is 1.93. The Morgan fingerprint density at radius 1 is 1.64 bits per heavy atom. The fourth-order valence-corrected chi connectivity index (χ4v) is 1.57. The number of alkyl halides is 1. The maximum Gasteiger partial charge on any atom is 0.104 e. The Balaban J connectivity index is 2.35. The van der Waals surface area contributed by atoms with Gasteiger partial charge in [0.25, 0.3) is 0 Å². The standard InChI is InChI=1S/C10H17F/c1-8(2)7-9-3-5-10(11)6-4-9/h3,8,10H,4-7H2,1-2H3/t10-/m0/s1. The molecule has 1 heteroatoms. The maximum absolute atomic E-state index is 12.6. The Bertz CT molecular complexity index is 147. The largest absolute Gasteiger partial charge is 0.247 e. The summed E-state index contributed by atoms with van der Waals surface area (Å²) in [5.74, 6) is 0.720. The van der Waals surface area contributed by atoms with Crippen molar-refractivity contribution in [2.24, 2.45) is 5.92 Å². The molecule has 0 unspecified atom stereocenters. The lowest BCUT2D eigenvalue weighted by molar-refractivity contribution is 0.304. The van der Waals surface area contributed by atoms with Crippen LogP contribution in [0.1, 0.15) is 39.5 Å². The molecular formula is C10H17F. The van der Waals surface area contributed by atoms with E-state index in [1.54, 1.807) is 0 Å². The van der Waals surface area contributed by atoms with Gasteiger partial charge in [-0.25, -0.2) is 4.39 Å². The first-order valence-corrected chi connectivity index (χ1v) is 4.50. The molecule has 0 amide bonds. The summed E-state index contributed by atoms with van der Waals surface area (Å²) in [5.41, 5.74) is 1.47. The van der Waals surface area contributed by atoms with Crippen molar-refractivity contribution in [1.82, 2.24) is 0 Å². The van der Waals surface area contributed by atoms with Crippen LogP contribution in [-0.4, -0.2) is 6.17 Å². The van der Waals surface area contributed by atoms with Crippen molar-refractivity contribution in [2.45, 2.75) is 45.7 Å². The highest BCUT2D eigenvalue weighted by Gasteiger charge is 2.12. The van der Waals surface area contributed by atoms with Gasteiger partial charge >= 0.3 is 0 Å². The van der Waals surface area contributed by atoms with Crippen LogP contribution in [0.5, 0.6) is 0 Å². The van der Waals surface area contributed by atoms with Gasteiger partial charge in [0.15, 0.2) is 0 Å². The summed E-state index contributed by atoms with van der Waals surface area (Å²) in [5, 5.41) is 0. The average molecular weight is 156 g/mol. The first kappa shape index (κ1) is 8.76. The zero-order valence-electron chi connectivity index (χ0n) is 7.44. The molecule has 0 radical (unpaired) electrons. The summed E-state index contributed by atoms with van der Waals surface area (Å²) in [6.45, 7) is 4.42. The number of rotatable bonds is 2. The minimum Gasteiger partial charge on any atom is -0.247 e. The third-order valence-corrected chi connectivity index (χ3v) is 2.11. The van der Waals surface area contributed by atoms with Gasteiger partial charge in [0.1, 0.15) is 6.17 Å². The van der Waals surface area contributed by atoms with E-state index in [1.807, 2.05) is 0 Å². The van der Waals surface area contributed by atoms with Crippen LogP contribution in [0.2, 0.25) is 0 Å². The van der Waals surface area contributed by atoms with Crippen LogP contribution in [-0.2, 0) is 0 Å². The normalized spacial score (nSPS) is 25.5. The van der Waals surface area contributed by atoms with E-state index in [2.05, 4.69) is 19.9 Å². The van der Waals surface area contributed by atoms with Gasteiger partial charge in [0.2, 0.25) is 0 Å². The summed E-state index contributed by atoms with van der Waals surface area (Å²) >= 11 is 0. The smallest absolute Gasteiger partial charge is 0.104 e. The van der Waals surface area contributed by atoms with E-state index in [-0.39, 0.29) is 0 Å². The van der Waals surface area contributed by atoms with Crippen molar-refractivity contribution in [1.29, 1.82) is 0 Å². The molecule has 0 bridgehead atoms. The van der Waals surface area contributed by atoms with Gasteiger partial charge in [-0.3, -0.25) is 0 Å². The summed E-state index contributed by atoms with van der Waals surface area (Å²) in [6.07, 6.45) is 5.08. The predicted octanol–water partition coefficient (Wildman–Crippen LogP) is 3.48. The fraction of sp³-hybridized carbons (Fsp3) is 0.800. The molecule has 0 N–H and O–H groups in total. The van der Waals surface area contributed by atoms with Crippen LogP contribution in [0.4, 0.5) is 4.39 Å². The quantitative estimate of drug-likeness (QED) is 0.537. The van der Waals surface area contributed by atoms with E-state index >= 15 is 0 Å². The lowest BCUT2D eigenvalue weighted by Gasteiger charge is -2.17. The Kier molecular flexibility index (Phi) is 3.10. The molecule has 1 aliphatic carbocycles. The molecule has 1 rings (SSSR count). The van der Waals surface area contributed by atoms with E-state index < -0.39 is 6.17 Å². The van der Waals surface area contributed by atoms with Crippen LogP contribution in [0, 0.1) is 5.92 Å². The van der Waals surface area contributed by atoms with Gasteiger partial charge < -0.3 is 0 Å². The molecule has 0 aliphatic heterocycles. The van der Waals surface area contributed by atoms with Crippen LogP contribution in [0.15, 0.2) is 11.6 Å². The Labute approximate surface area is 68.5 Å². The van der Waals surface area contributed by atoms with E-state index in [4.69, 9.17) is 0 Å². The third-order valence-electron chi connectivity index (χ3n) is 2.11. The second-order valence-corrected chi connectivity index (χ2v) is 3.83. The second kappa shape index (κ2) is 3.89. The van der Waals surface area contributed by atoms with E-state index in [9.17, 15) is 4.39 Å². The molecule has 0 saturated carbocycles. The lowest BCUT2D eigenvalue weighted by Crippen LogP contribution is -2.06. The van der Waals surface area contributed by atoms with Crippen LogP contribution in [0.3, 0.4) is 0 Å². The van der Waals surface area contributed by atoms with E-state index in [1.165, 1.54) is 5.57 Å². The van der Waals surface area contributed by atoms with Gasteiger partial charge in [-0.1, -0.05) is 25.5 Å². The molecule has 11 heavy (non-hydrogen) atoms. The van der Waals surface area contributed by atoms with E-state index in [0.29, 0.717) is 6.42 Å². The summed E-state index contributed by atoms with van der Waals surface area (Å²) in [4.78, 5) is 0. The number of hydrogen-bond donors (Lipinski definition) is 0. The topological polar surface area (TPSA) is 0 Å². The second-order valence-electron chi connectivity index (χ2n) is 3.83. The summed E-state index contributed by atoms with van der Waals surface area (Å²) in [7, 11) is 0. The SMILES string of the molecule is CC(C)CC1=CC[C@H](F)CC1. The highest BCUT2D eigenvalue weighted by Crippen LogP contribution is 2.24. The zero-order valence-corrected chi connectivity index (χ0v) is 7.44. The van der Waals surface area contributed by atoms with Gasteiger partial charge in [-0.2, -0.15) is 0 Å². The van der Waals surface area contributed by atoms with Crippen molar-refractivity contribution in [3.8, 4) is 0 Å². The van der Waals surface area contributed by atoms with Crippen molar-refractivity contribution >= 4 is 0 Å².